The van der Waals surface area contributed by atoms with Gasteiger partial charge in [-0.2, -0.15) is 0 Å². The van der Waals surface area contributed by atoms with E-state index in [2.05, 4.69) is 23.0 Å². The molecule has 158 valence electrons. The molecule has 0 radical (unpaired) electrons. The van der Waals surface area contributed by atoms with Crippen LogP contribution in [0.15, 0.2) is 64.5 Å². The van der Waals surface area contributed by atoms with Crippen molar-refractivity contribution in [2.24, 2.45) is 4.99 Å². The number of fused-ring (bicyclic) bond motifs is 1. The maximum Gasteiger partial charge on any atom is 0.409 e. The molecule has 0 aliphatic carbocycles. The lowest BCUT2D eigenvalue weighted by Gasteiger charge is -2.31. The van der Waals surface area contributed by atoms with Crippen LogP contribution in [0.4, 0.5) is 10.5 Å². The molecule has 6 nitrogen and oxygen atoms in total. The molecular formula is C23H27N3O3S. The van der Waals surface area contributed by atoms with Crippen LogP contribution in [0.3, 0.4) is 0 Å². The molecule has 1 aromatic rings. The van der Waals surface area contributed by atoms with Gasteiger partial charge < -0.3 is 15.0 Å². The summed E-state index contributed by atoms with van der Waals surface area (Å²) in [5.74, 6) is 0.699. The van der Waals surface area contributed by atoms with Crippen LogP contribution in [0.1, 0.15) is 30.1 Å². The first-order valence-corrected chi connectivity index (χ1v) is 11.1. The minimum absolute atomic E-state index is 0.0355. The number of carbonyl (C=O) groups is 2. The molecule has 1 N–H and O–H groups in total. The van der Waals surface area contributed by atoms with Gasteiger partial charge in [0.1, 0.15) is 0 Å². The first-order chi connectivity index (χ1) is 14.6. The maximum absolute atomic E-state index is 12.8. The SMILES string of the molecule is C=C1C=Nc2cc(C(=O)NC3CCN(C(=O)OCC)CC3)ccc2SC/C=C\C=C/1. The fourth-order valence-corrected chi connectivity index (χ4v) is 4.03. The van der Waals surface area contributed by atoms with Crippen LogP contribution >= 0.6 is 11.8 Å². The number of ether oxygens (including phenoxy) is 1. The van der Waals surface area contributed by atoms with E-state index in [0.717, 1.165) is 21.9 Å². The summed E-state index contributed by atoms with van der Waals surface area (Å²) >= 11 is 1.67. The quantitative estimate of drug-likeness (QED) is 0.773. The van der Waals surface area contributed by atoms with Gasteiger partial charge in [0.05, 0.1) is 12.3 Å². The van der Waals surface area contributed by atoms with Crippen LogP contribution in [-0.2, 0) is 4.74 Å². The molecule has 7 heteroatoms. The number of hydrogen-bond acceptors (Lipinski definition) is 5. The van der Waals surface area contributed by atoms with Crippen molar-refractivity contribution >= 4 is 35.7 Å². The van der Waals surface area contributed by atoms with Crippen LogP contribution in [0, 0.1) is 0 Å². The van der Waals surface area contributed by atoms with Crippen molar-refractivity contribution in [1.29, 1.82) is 0 Å². The summed E-state index contributed by atoms with van der Waals surface area (Å²) in [6, 6.07) is 5.63. The van der Waals surface area contributed by atoms with E-state index in [4.69, 9.17) is 4.74 Å². The Balaban J connectivity index is 1.65. The first-order valence-electron chi connectivity index (χ1n) is 10.1. The fraction of sp³-hybridized carbons (Fsp3) is 0.348. The number of likely N-dealkylation sites (tertiary alicyclic amines) is 1. The lowest BCUT2D eigenvalue weighted by molar-refractivity contribution is 0.0860. The Bertz CT molecular complexity index is 884. The van der Waals surface area contributed by atoms with Gasteiger partial charge in [0.15, 0.2) is 0 Å². The lowest BCUT2D eigenvalue weighted by Crippen LogP contribution is -2.46. The van der Waals surface area contributed by atoms with Crippen molar-refractivity contribution in [3.05, 3.63) is 60.2 Å². The molecule has 0 bridgehead atoms. The third-order valence-corrected chi connectivity index (χ3v) is 5.85. The number of amides is 2. The van der Waals surface area contributed by atoms with Crippen molar-refractivity contribution in [2.75, 3.05) is 25.4 Å². The summed E-state index contributed by atoms with van der Waals surface area (Å²) in [6.07, 6.45) is 10.8. The van der Waals surface area contributed by atoms with Gasteiger partial charge in [-0.05, 0) is 43.5 Å². The summed E-state index contributed by atoms with van der Waals surface area (Å²) in [4.78, 5) is 31.9. The van der Waals surface area contributed by atoms with Gasteiger partial charge in [-0.25, -0.2) is 4.79 Å². The summed E-state index contributed by atoms with van der Waals surface area (Å²) in [5, 5.41) is 3.09. The van der Waals surface area contributed by atoms with Crippen LogP contribution in [0.25, 0.3) is 0 Å². The van der Waals surface area contributed by atoms with Gasteiger partial charge in [-0.1, -0.05) is 30.9 Å². The first kappa shape index (κ1) is 21.9. The van der Waals surface area contributed by atoms with E-state index >= 15 is 0 Å². The van der Waals surface area contributed by atoms with Gasteiger partial charge >= 0.3 is 6.09 Å². The Morgan fingerprint density at radius 1 is 1.30 bits per heavy atom. The van der Waals surface area contributed by atoms with Crippen LogP contribution in [0.5, 0.6) is 0 Å². The predicted octanol–water partition coefficient (Wildman–Crippen LogP) is 4.51. The molecule has 0 aromatic heterocycles. The number of nitrogens with one attached hydrogen (secondary N) is 1. The molecule has 30 heavy (non-hydrogen) atoms. The number of benzene rings is 1. The second kappa shape index (κ2) is 10.8. The molecule has 1 aromatic carbocycles. The Morgan fingerprint density at radius 2 is 2.10 bits per heavy atom. The summed E-state index contributed by atoms with van der Waals surface area (Å²) in [5.41, 5.74) is 2.13. The molecule has 2 heterocycles. The smallest absolute Gasteiger partial charge is 0.409 e. The van der Waals surface area contributed by atoms with Gasteiger partial charge in [-0.3, -0.25) is 9.79 Å². The average molecular weight is 426 g/mol. The molecule has 1 fully saturated rings. The van der Waals surface area contributed by atoms with Crippen LogP contribution in [0.2, 0.25) is 0 Å². The standard InChI is InChI=1S/C23H27N3O3S/c1-3-29-23(28)26-12-10-19(11-13-26)25-22(27)18-8-9-21-20(15-18)24-16-17(2)7-5-4-6-14-30-21/h4-9,15-16,19H,2-3,10-14H2,1H3,(H,25,27)/b6-4-,7-5-,24-16?. The molecule has 0 saturated carbocycles. The second-order valence-corrected chi connectivity index (χ2v) is 8.11. The zero-order chi connectivity index (χ0) is 21.3. The molecule has 0 spiro atoms. The highest BCUT2D eigenvalue weighted by Crippen LogP contribution is 2.31. The molecule has 0 unspecified atom stereocenters. The van der Waals surface area contributed by atoms with E-state index in [1.54, 1.807) is 29.8 Å². The van der Waals surface area contributed by atoms with Gasteiger partial charge in [0, 0.05) is 41.6 Å². The monoisotopic (exact) mass is 425 g/mol. The number of nitrogens with zero attached hydrogens (tertiary/aromatic N) is 2. The molecule has 0 atom stereocenters. The van der Waals surface area contributed by atoms with Crippen LogP contribution in [-0.4, -0.2) is 54.6 Å². The minimum Gasteiger partial charge on any atom is -0.450 e. The van der Waals surface area contributed by atoms with E-state index < -0.39 is 0 Å². The largest absolute Gasteiger partial charge is 0.450 e. The number of hydrogen-bond donors (Lipinski definition) is 1. The third-order valence-electron chi connectivity index (χ3n) is 4.84. The van der Waals surface area contributed by atoms with Crippen molar-refractivity contribution < 1.29 is 14.3 Å². The van der Waals surface area contributed by atoms with Gasteiger partial charge in [-0.15, -0.1) is 11.8 Å². The number of carbonyl (C=O) groups excluding carboxylic acids is 2. The molecule has 3 rings (SSSR count). The molecule has 2 amide bonds. The predicted molar refractivity (Wildman–Crippen MR) is 122 cm³/mol. The zero-order valence-electron chi connectivity index (χ0n) is 17.2. The highest BCUT2D eigenvalue weighted by atomic mass is 32.2. The van der Waals surface area contributed by atoms with Crippen molar-refractivity contribution in [3.63, 3.8) is 0 Å². The van der Waals surface area contributed by atoms with Gasteiger partial charge in [0.25, 0.3) is 5.91 Å². The van der Waals surface area contributed by atoms with E-state index in [0.29, 0.717) is 38.1 Å². The van der Waals surface area contributed by atoms with E-state index in [9.17, 15) is 9.59 Å². The summed E-state index contributed by atoms with van der Waals surface area (Å²) in [7, 11) is 0. The van der Waals surface area contributed by atoms with E-state index in [1.807, 2.05) is 36.4 Å². The Labute approximate surface area is 181 Å². The van der Waals surface area contributed by atoms with Crippen molar-refractivity contribution in [1.82, 2.24) is 10.2 Å². The number of aliphatic imine (C=N–C) groups is 1. The molecular weight excluding hydrogens is 398 g/mol. The summed E-state index contributed by atoms with van der Waals surface area (Å²) < 4.78 is 5.04. The number of thioether (sulfide) groups is 1. The van der Waals surface area contributed by atoms with Crippen molar-refractivity contribution in [3.8, 4) is 0 Å². The Morgan fingerprint density at radius 3 is 2.87 bits per heavy atom. The van der Waals surface area contributed by atoms with Crippen LogP contribution < -0.4 is 5.32 Å². The normalized spacial score (nSPS) is 19.4. The van der Waals surface area contributed by atoms with E-state index in [1.165, 1.54) is 0 Å². The fourth-order valence-electron chi connectivity index (χ4n) is 3.22. The highest BCUT2D eigenvalue weighted by Gasteiger charge is 2.25. The topological polar surface area (TPSA) is 71.0 Å². The minimum atomic E-state index is -0.284. The van der Waals surface area contributed by atoms with Gasteiger partial charge in [0.2, 0.25) is 0 Å². The maximum atomic E-state index is 12.8. The molecule has 2 aliphatic heterocycles. The molecule has 1 saturated heterocycles. The number of allylic oxidation sites excluding steroid dienone is 4. The summed E-state index contributed by atoms with van der Waals surface area (Å²) in [6.45, 7) is 7.29. The number of rotatable bonds is 3. The highest BCUT2D eigenvalue weighted by molar-refractivity contribution is 7.99. The average Bonchev–Trinajstić information content (AvgIpc) is 2.79. The third kappa shape index (κ3) is 6.10. The Kier molecular flexibility index (Phi) is 7.90. The zero-order valence-corrected chi connectivity index (χ0v) is 18.0. The van der Waals surface area contributed by atoms with Crippen molar-refractivity contribution in [2.45, 2.75) is 30.7 Å². The lowest BCUT2D eigenvalue weighted by atomic mass is 10.0. The number of piperidine rings is 1. The second-order valence-electron chi connectivity index (χ2n) is 7.05. The molecule has 2 aliphatic rings. The van der Waals surface area contributed by atoms with E-state index in [-0.39, 0.29) is 18.0 Å². The Hall–Kier alpha value is -2.80.